The molecule has 86 valence electrons. The molecule has 0 amide bonds. The molecule has 0 saturated heterocycles. The fourth-order valence-corrected chi connectivity index (χ4v) is 2.73. The molecule has 0 spiro atoms. The number of amidine groups is 1. The third-order valence-electron chi connectivity index (χ3n) is 2.57. The van der Waals surface area contributed by atoms with Crippen molar-refractivity contribution in [3.05, 3.63) is 24.0 Å². The third-order valence-corrected chi connectivity index (χ3v) is 3.56. The van der Waals surface area contributed by atoms with Gasteiger partial charge in [0.15, 0.2) is 5.17 Å². The van der Waals surface area contributed by atoms with Crippen LogP contribution in [0.2, 0.25) is 0 Å². The molecule has 1 aliphatic heterocycles. The molecular formula is C12H17N3S. The van der Waals surface area contributed by atoms with Crippen LogP contribution >= 0.6 is 11.8 Å². The zero-order valence-electron chi connectivity index (χ0n) is 9.90. The molecule has 0 aromatic carbocycles. The first-order chi connectivity index (χ1) is 7.65. The fraction of sp³-hybridized carbons (Fsp3) is 0.500. The average molecular weight is 235 g/mol. The van der Waals surface area contributed by atoms with Gasteiger partial charge in [-0.1, -0.05) is 25.6 Å². The van der Waals surface area contributed by atoms with Crippen LogP contribution in [0.1, 0.15) is 19.4 Å². The molecule has 0 fully saturated rings. The Morgan fingerprint density at radius 1 is 1.44 bits per heavy atom. The van der Waals surface area contributed by atoms with Crippen LogP contribution in [0.5, 0.6) is 0 Å². The van der Waals surface area contributed by atoms with Gasteiger partial charge in [-0.15, -0.1) is 0 Å². The number of hydrogen-bond acceptors (Lipinski definition) is 4. The highest BCUT2D eigenvalue weighted by molar-refractivity contribution is 8.14. The monoisotopic (exact) mass is 235 g/mol. The average Bonchev–Trinajstić information content (AvgIpc) is 2.66. The van der Waals surface area contributed by atoms with Gasteiger partial charge in [-0.2, -0.15) is 0 Å². The van der Waals surface area contributed by atoms with Crippen molar-refractivity contribution in [2.45, 2.75) is 26.8 Å². The normalized spacial score (nSPS) is 20.0. The maximum atomic E-state index is 4.65. The van der Waals surface area contributed by atoms with Crippen LogP contribution in [-0.4, -0.2) is 21.9 Å². The number of anilines is 1. The summed E-state index contributed by atoms with van der Waals surface area (Å²) in [5.41, 5.74) is 2.18. The van der Waals surface area contributed by atoms with Crippen molar-refractivity contribution < 1.29 is 0 Å². The van der Waals surface area contributed by atoms with Gasteiger partial charge in [-0.25, -0.2) is 0 Å². The number of hydrogen-bond donors (Lipinski definition) is 1. The highest BCUT2D eigenvalue weighted by atomic mass is 32.2. The Bertz CT molecular complexity index is 401. The van der Waals surface area contributed by atoms with Crippen LogP contribution in [0.4, 0.5) is 5.69 Å². The van der Waals surface area contributed by atoms with Crippen LogP contribution in [0.15, 0.2) is 23.5 Å². The minimum atomic E-state index is 0.449. The zero-order valence-corrected chi connectivity index (χ0v) is 10.7. The molecule has 0 aliphatic carbocycles. The molecule has 1 atom stereocenters. The Morgan fingerprint density at radius 3 is 2.88 bits per heavy atom. The first-order valence-corrected chi connectivity index (χ1v) is 6.53. The van der Waals surface area contributed by atoms with Crippen molar-refractivity contribution in [3.63, 3.8) is 0 Å². The number of nitrogens with zero attached hydrogens (tertiary/aromatic N) is 2. The lowest BCUT2D eigenvalue weighted by Gasteiger charge is -2.08. The van der Waals surface area contributed by atoms with Gasteiger partial charge < -0.3 is 5.32 Å². The number of aliphatic imine (C=N–C) groups is 1. The highest BCUT2D eigenvalue weighted by Gasteiger charge is 2.20. The van der Waals surface area contributed by atoms with Gasteiger partial charge in [0.2, 0.25) is 0 Å². The fourth-order valence-electron chi connectivity index (χ4n) is 1.55. The predicted octanol–water partition coefficient (Wildman–Crippen LogP) is 2.93. The van der Waals surface area contributed by atoms with Crippen LogP contribution in [0.3, 0.4) is 0 Å². The summed E-state index contributed by atoms with van der Waals surface area (Å²) in [6, 6.07) is 2.53. The molecule has 4 heteroatoms. The SMILES string of the molecule is Cc1cncc(NC2=NC(C(C)C)CS2)c1. The standard InChI is InChI=1S/C12H17N3S/c1-8(2)11-7-16-12(15-11)14-10-4-9(3)5-13-6-10/h4-6,8,11H,7H2,1-3H3,(H,14,15). The van der Waals surface area contributed by atoms with E-state index in [1.165, 1.54) is 0 Å². The van der Waals surface area contributed by atoms with E-state index in [9.17, 15) is 0 Å². The van der Waals surface area contributed by atoms with Gasteiger partial charge in [0, 0.05) is 11.9 Å². The molecule has 0 radical (unpaired) electrons. The summed E-state index contributed by atoms with van der Waals surface area (Å²) in [6.45, 7) is 6.47. The van der Waals surface area contributed by atoms with Gasteiger partial charge >= 0.3 is 0 Å². The van der Waals surface area contributed by atoms with Crippen LogP contribution in [-0.2, 0) is 0 Å². The molecule has 1 N–H and O–H groups in total. The maximum Gasteiger partial charge on any atom is 0.161 e. The van der Waals surface area contributed by atoms with Crippen molar-refractivity contribution in [3.8, 4) is 0 Å². The topological polar surface area (TPSA) is 37.3 Å². The first-order valence-electron chi connectivity index (χ1n) is 5.54. The maximum absolute atomic E-state index is 4.65. The lowest BCUT2D eigenvalue weighted by molar-refractivity contribution is 0.543. The van der Waals surface area contributed by atoms with Crippen molar-refractivity contribution in [1.29, 1.82) is 0 Å². The highest BCUT2D eigenvalue weighted by Crippen LogP contribution is 2.24. The Labute approximate surface area is 101 Å². The lowest BCUT2D eigenvalue weighted by atomic mass is 10.1. The molecule has 1 aliphatic rings. The summed E-state index contributed by atoms with van der Waals surface area (Å²) in [5, 5.41) is 4.34. The minimum absolute atomic E-state index is 0.449. The quantitative estimate of drug-likeness (QED) is 0.856. The lowest BCUT2D eigenvalue weighted by Crippen LogP contribution is -2.12. The number of nitrogens with one attached hydrogen (secondary N) is 1. The Balaban J connectivity index is 2.03. The number of thioether (sulfide) groups is 1. The molecular weight excluding hydrogens is 218 g/mol. The summed E-state index contributed by atoms with van der Waals surface area (Å²) >= 11 is 1.79. The van der Waals surface area contributed by atoms with Gasteiger partial charge in [0.1, 0.15) is 0 Å². The molecule has 3 nitrogen and oxygen atoms in total. The summed E-state index contributed by atoms with van der Waals surface area (Å²) < 4.78 is 0. The van der Waals surface area contributed by atoms with E-state index >= 15 is 0 Å². The summed E-state index contributed by atoms with van der Waals surface area (Å²) in [7, 11) is 0. The number of aromatic nitrogens is 1. The predicted molar refractivity (Wildman–Crippen MR) is 71.1 cm³/mol. The Morgan fingerprint density at radius 2 is 2.25 bits per heavy atom. The number of pyridine rings is 1. The zero-order chi connectivity index (χ0) is 11.5. The Kier molecular flexibility index (Phi) is 3.49. The van der Waals surface area contributed by atoms with Crippen molar-refractivity contribution >= 4 is 22.6 Å². The first kappa shape index (κ1) is 11.5. The van der Waals surface area contributed by atoms with E-state index < -0.39 is 0 Å². The molecule has 2 rings (SSSR count). The van der Waals surface area contributed by atoms with E-state index in [2.05, 4.69) is 35.2 Å². The van der Waals surface area contributed by atoms with Gasteiger partial charge in [0.05, 0.1) is 17.9 Å². The largest absolute Gasteiger partial charge is 0.334 e. The van der Waals surface area contributed by atoms with Gasteiger partial charge in [-0.05, 0) is 24.5 Å². The summed E-state index contributed by atoms with van der Waals surface area (Å²) in [6.07, 6.45) is 3.69. The molecule has 2 heterocycles. The van der Waals surface area contributed by atoms with E-state index in [0.29, 0.717) is 12.0 Å². The molecule has 0 saturated carbocycles. The second-order valence-electron chi connectivity index (χ2n) is 4.43. The summed E-state index contributed by atoms with van der Waals surface area (Å²) in [5.74, 6) is 1.70. The van der Waals surface area contributed by atoms with E-state index in [1.807, 2.05) is 19.3 Å². The third kappa shape index (κ3) is 2.76. The van der Waals surface area contributed by atoms with E-state index in [-0.39, 0.29) is 0 Å². The van der Waals surface area contributed by atoms with E-state index in [0.717, 1.165) is 22.2 Å². The number of aryl methyl sites for hydroxylation is 1. The Hall–Kier alpha value is -1.03. The minimum Gasteiger partial charge on any atom is -0.334 e. The number of rotatable bonds is 2. The van der Waals surface area contributed by atoms with E-state index in [4.69, 9.17) is 0 Å². The van der Waals surface area contributed by atoms with Crippen LogP contribution in [0, 0.1) is 12.8 Å². The molecule has 1 unspecified atom stereocenters. The van der Waals surface area contributed by atoms with Crippen LogP contribution < -0.4 is 5.32 Å². The molecule has 1 aromatic heterocycles. The van der Waals surface area contributed by atoms with Crippen LogP contribution in [0.25, 0.3) is 0 Å². The van der Waals surface area contributed by atoms with Crippen molar-refractivity contribution in [2.75, 3.05) is 11.1 Å². The summed E-state index contributed by atoms with van der Waals surface area (Å²) in [4.78, 5) is 8.81. The smallest absolute Gasteiger partial charge is 0.161 e. The van der Waals surface area contributed by atoms with E-state index in [1.54, 1.807) is 11.8 Å². The van der Waals surface area contributed by atoms with Gasteiger partial charge in [0.25, 0.3) is 0 Å². The molecule has 1 aromatic rings. The second-order valence-corrected chi connectivity index (χ2v) is 5.44. The van der Waals surface area contributed by atoms with Crippen molar-refractivity contribution in [1.82, 2.24) is 4.98 Å². The van der Waals surface area contributed by atoms with Crippen molar-refractivity contribution in [2.24, 2.45) is 10.9 Å². The van der Waals surface area contributed by atoms with Gasteiger partial charge in [-0.3, -0.25) is 9.98 Å². The second kappa shape index (κ2) is 4.87. The molecule has 16 heavy (non-hydrogen) atoms. The molecule has 0 bridgehead atoms.